The number of guanidine groups is 1. The molecule has 4 nitrogen and oxygen atoms in total. The van der Waals surface area contributed by atoms with E-state index in [1.165, 1.54) is 19.3 Å². The van der Waals surface area contributed by atoms with Crippen molar-refractivity contribution in [2.24, 2.45) is 16.6 Å². The first kappa shape index (κ1) is 12.8. The smallest absolute Gasteiger partial charge is 0.189 e. The molecule has 0 spiro atoms. The van der Waals surface area contributed by atoms with Gasteiger partial charge in [-0.1, -0.05) is 6.42 Å². The second-order valence-corrected chi connectivity index (χ2v) is 6.75. The first-order valence-electron chi connectivity index (χ1n) is 5.80. The van der Waals surface area contributed by atoms with Gasteiger partial charge in [-0.05, 0) is 41.6 Å². The number of nitrogens with one attached hydrogen (secondary N) is 1. The van der Waals surface area contributed by atoms with Crippen molar-refractivity contribution in [2.75, 3.05) is 6.54 Å². The first-order chi connectivity index (χ1) is 8.15. The van der Waals surface area contributed by atoms with Crippen LogP contribution in [0.1, 0.15) is 30.0 Å². The summed E-state index contributed by atoms with van der Waals surface area (Å²) in [5, 5.41) is 4.16. The largest absolute Gasteiger partial charge is 0.370 e. The fourth-order valence-electron chi connectivity index (χ4n) is 1.65. The summed E-state index contributed by atoms with van der Waals surface area (Å²) in [6.07, 6.45) is 3.99. The van der Waals surface area contributed by atoms with Gasteiger partial charge in [-0.15, -0.1) is 11.3 Å². The molecular formula is C11H17BrN4S. The molecule has 1 aliphatic rings. The number of aryl methyl sites for hydroxylation is 1. The number of aromatic nitrogens is 1. The minimum atomic E-state index is 0.529. The average molecular weight is 317 g/mol. The second-order valence-electron chi connectivity index (χ2n) is 4.35. The zero-order valence-corrected chi connectivity index (χ0v) is 12.3. The van der Waals surface area contributed by atoms with E-state index in [1.54, 1.807) is 11.3 Å². The summed E-state index contributed by atoms with van der Waals surface area (Å²) >= 11 is 5.06. The maximum absolute atomic E-state index is 5.80. The van der Waals surface area contributed by atoms with E-state index in [-0.39, 0.29) is 0 Å². The Hall–Kier alpha value is -0.620. The van der Waals surface area contributed by atoms with Gasteiger partial charge >= 0.3 is 0 Å². The number of nitrogens with zero attached hydrogens (tertiary/aromatic N) is 2. The average Bonchev–Trinajstić information content (AvgIpc) is 2.53. The van der Waals surface area contributed by atoms with Crippen molar-refractivity contribution in [1.29, 1.82) is 0 Å². The Morgan fingerprint density at radius 3 is 2.94 bits per heavy atom. The minimum absolute atomic E-state index is 0.529. The number of nitrogens with two attached hydrogens (primary N) is 1. The van der Waals surface area contributed by atoms with Crippen molar-refractivity contribution in [3.63, 3.8) is 0 Å². The lowest BCUT2D eigenvalue weighted by Crippen LogP contribution is -2.37. The van der Waals surface area contributed by atoms with Crippen LogP contribution in [0.25, 0.3) is 0 Å². The molecule has 2 rings (SSSR count). The highest BCUT2D eigenvalue weighted by atomic mass is 79.9. The maximum atomic E-state index is 5.80. The summed E-state index contributed by atoms with van der Waals surface area (Å²) in [4.78, 5) is 8.68. The summed E-state index contributed by atoms with van der Waals surface area (Å²) in [6.45, 7) is 3.49. The molecule has 0 aliphatic heterocycles. The van der Waals surface area contributed by atoms with Crippen LogP contribution in [0.4, 0.5) is 0 Å². The number of hydrogen-bond donors (Lipinski definition) is 2. The van der Waals surface area contributed by atoms with Crippen LogP contribution in [-0.4, -0.2) is 17.5 Å². The van der Waals surface area contributed by atoms with Gasteiger partial charge in [0.05, 0.1) is 16.0 Å². The van der Waals surface area contributed by atoms with Crippen molar-refractivity contribution < 1.29 is 0 Å². The van der Waals surface area contributed by atoms with Crippen molar-refractivity contribution in [3.8, 4) is 0 Å². The molecule has 1 aromatic heterocycles. The molecule has 94 valence electrons. The van der Waals surface area contributed by atoms with E-state index in [2.05, 4.69) is 31.2 Å². The standard InChI is InChI=1S/C11H17BrN4S/c1-7-10(12)17-9(16-7)6-15-11(13)14-5-8-3-2-4-8/h8H,2-6H2,1H3,(H3,13,14,15). The Balaban J connectivity index is 1.78. The SMILES string of the molecule is Cc1nc(CN=C(N)NCC2CCC2)sc1Br. The summed E-state index contributed by atoms with van der Waals surface area (Å²) in [6, 6.07) is 0. The van der Waals surface area contributed by atoms with Gasteiger partial charge in [0, 0.05) is 6.54 Å². The quantitative estimate of drug-likeness (QED) is 0.662. The summed E-state index contributed by atoms with van der Waals surface area (Å²) in [7, 11) is 0. The maximum Gasteiger partial charge on any atom is 0.189 e. The molecule has 0 atom stereocenters. The van der Waals surface area contributed by atoms with Crippen molar-refractivity contribution >= 4 is 33.2 Å². The highest BCUT2D eigenvalue weighted by molar-refractivity contribution is 9.11. The molecule has 17 heavy (non-hydrogen) atoms. The normalized spacial score (nSPS) is 16.9. The fourth-order valence-corrected chi connectivity index (χ4v) is 3.01. The molecule has 0 unspecified atom stereocenters. The van der Waals surface area contributed by atoms with Crippen LogP contribution >= 0.6 is 27.3 Å². The van der Waals surface area contributed by atoms with Crippen LogP contribution in [0, 0.1) is 12.8 Å². The van der Waals surface area contributed by atoms with Gasteiger partial charge in [0.25, 0.3) is 0 Å². The Kier molecular flexibility index (Phi) is 4.39. The molecule has 0 radical (unpaired) electrons. The molecule has 1 aliphatic carbocycles. The van der Waals surface area contributed by atoms with Gasteiger partial charge in [0.1, 0.15) is 5.01 Å². The number of thiazole rings is 1. The van der Waals surface area contributed by atoms with E-state index in [0.717, 1.165) is 27.0 Å². The Morgan fingerprint density at radius 2 is 2.41 bits per heavy atom. The van der Waals surface area contributed by atoms with Gasteiger partial charge in [0.15, 0.2) is 5.96 Å². The van der Waals surface area contributed by atoms with Gasteiger partial charge in [-0.25, -0.2) is 9.98 Å². The number of aliphatic imine (C=N–C) groups is 1. The lowest BCUT2D eigenvalue weighted by Gasteiger charge is -2.25. The van der Waals surface area contributed by atoms with Crippen LogP contribution in [0.5, 0.6) is 0 Å². The van der Waals surface area contributed by atoms with Crippen LogP contribution in [0.2, 0.25) is 0 Å². The lowest BCUT2D eigenvalue weighted by atomic mass is 9.85. The number of hydrogen-bond acceptors (Lipinski definition) is 3. The molecule has 1 saturated carbocycles. The fraction of sp³-hybridized carbons (Fsp3) is 0.636. The van der Waals surface area contributed by atoms with Crippen LogP contribution in [-0.2, 0) is 6.54 Å². The van der Waals surface area contributed by atoms with Gasteiger partial charge in [0.2, 0.25) is 0 Å². The third kappa shape index (κ3) is 3.67. The number of rotatable bonds is 4. The Labute approximate surface area is 114 Å². The molecule has 0 aromatic carbocycles. The highest BCUT2D eigenvalue weighted by Crippen LogP contribution is 2.25. The molecular weight excluding hydrogens is 300 g/mol. The van der Waals surface area contributed by atoms with E-state index in [0.29, 0.717) is 12.5 Å². The van der Waals surface area contributed by atoms with Crippen LogP contribution in [0.3, 0.4) is 0 Å². The third-order valence-electron chi connectivity index (χ3n) is 2.97. The molecule has 0 saturated heterocycles. The predicted octanol–water partition coefficient (Wildman–Crippen LogP) is 2.42. The molecule has 0 bridgehead atoms. The van der Waals surface area contributed by atoms with Gasteiger partial charge in [-0.2, -0.15) is 0 Å². The zero-order valence-electron chi connectivity index (χ0n) is 9.87. The van der Waals surface area contributed by atoms with E-state index < -0.39 is 0 Å². The highest BCUT2D eigenvalue weighted by Gasteiger charge is 2.16. The van der Waals surface area contributed by atoms with Crippen molar-refractivity contribution in [2.45, 2.75) is 32.7 Å². The van der Waals surface area contributed by atoms with Gasteiger partial charge in [-0.3, -0.25) is 0 Å². The first-order valence-corrected chi connectivity index (χ1v) is 7.41. The summed E-state index contributed by atoms with van der Waals surface area (Å²) < 4.78 is 1.07. The zero-order chi connectivity index (χ0) is 12.3. The predicted molar refractivity (Wildman–Crippen MR) is 75.2 cm³/mol. The molecule has 1 heterocycles. The van der Waals surface area contributed by atoms with E-state index in [4.69, 9.17) is 5.73 Å². The topological polar surface area (TPSA) is 63.3 Å². The minimum Gasteiger partial charge on any atom is -0.370 e. The summed E-state index contributed by atoms with van der Waals surface area (Å²) in [5.74, 6) is 1.32. The van der Waals surface area contributed by atoms with Crippen molar-refractivity contribution in [3.05, 3.63) is 14.5 Å². The molecule has 1 aromatic rings. The molecule has 6 heteroatoms. The van der Waals surface area contributed by atoms with E-state index >= 15 is 0 Å². The Morgan fingerprint density at radius 1 is 1.65 bits per heavy atom. The van der Waals surface area contributed by atoms with Crippen LogP contribution in [0.15, 0.2) is 8.78 Å². The second kappa shape index (κ2) is 5.82. The van der Waals surface area contributed by atoms with E-state index in [1.807, 2.05) is 6.92 Å². The lowest BCUT2D eigenvalue weighted by molar-refractivity contribution is 0.315. The van der Waals surface area contributed by atoms with Crippen LogP contribution < -0.4 is 11.1 Å². The molecule has 0 amide bonds. The number of halogens is 1. The third-order valence-corrected chi connectivity index (χ3v) is 4.96. The van der Waals surface area contributed by atoms with E-state index in [9.17, 15) is 0 Å². The summed E-state index contributed by atoms with van der Waals surface area (Å²) in [5.41, 5.74) is 6.81. The Bertz CT molecular complexity index is 392. The van der Waals surface area contributed by atoms with Gasteiger partial charge < -0.3 is 11.1 Å². The molecule has 3 N–H and O–H groups in total. The monoisotopic (exact) mass is 316 g/mol. The molecule has 1 fully saturated rings. The van der Waals surface area contributed by atoms with Crippen molar-refractivity contribution in [1.82, 2.24) is 10.3 Å².